The van der Waals surface area contributed by atoms with Crippen LogP contribution in [-0.4, -0.2) is 23.9 Å². The minimum atomic E-state index is -0.793. The van der Waals surface area contributed by atoms with Crippen LogP contribution in [0, 0.1) is 23.5 Å². The van der Waals surface area contributed by atoms with E-state index in [1.54, 1.807) is 6.07 Å². The molecule has 1 atom stereocenters. The van der Waals surface area contributed by atoms with E-state index in [2.05, 4.69) is 0 Å². The Morgan fingerprint density at radius 1 is 1.14 bits per heavy atom. The molecular weight excluding hydrogens is 284 g/mol. The first-order chi connectivity index (χ1) is 10.6. The Labute approximate surface area is 130 Å². The summed E-state index contributed by atoms with van der Waals surface area (Å²) in [4.78, 5) is 14.2. The normalized spacial score (nSPS) is 21.9. The molecule has 1 aliphatic carbocycles. The lowest BCUT2D eigenvalue weighted by Gasteiger charge is -2.33. The number of hydrogen-bond acceptors (Lipinski definition) is 1. The molecule has 1 aliphatic heterocycles. The van der Waals surface area contributed by atoms with Crippen LogP contribution < -0.4 is 0 Å². The van der Waals surface area contributed by atoms with Crippen molar-refractivity contribution >= 4 is 5.91 Å². The molecule has 0 spiro atoms. The van der Waals surface area contributed by atoms with E-state index in [1.165, 1.54) is 25.0 Å². The van der Waals surface area contributed by atoms with Crippen LogP contribution in [0.5, 0.6) is 0 Å². The van der Waals surface area contributed by atoms with Gasteiger partial charge in [0.15, 0.2) is 11.6 Å². The Kier molecular flexibility index (Phi) is 4.74. The molecule has 1 heterocycles. The second-order valence-corrected chi connectivity index (χ2v) is 6.78. The molecule has 0 N–H and O–H groups in total. The van der Waals surface area contributed by atoms with E-state index in [4.69, 9.17) is 0 Å². The molecule has 2 aliphatic rings. The third-order valence-electron chi connectivity index (χ3n) is 4.86. The molecule has 2 fully saturated rings. The van der Waals surface area contributed by atoms with Crippen LogP contribution in [0.3, 0.4) is 0 Å². The number of rotatable bonds is 5. The number of aryl methyl sites for hydroxylation is 1. The largest absolute Gasteiger partial charge is 0.342 e. The van der Waals surface area contributed by atoms with E-state index in [0.717, 1.165) is 50.8 Å². The van der Waals surface area contributed by atoms with Gasteiger partial charge in [-0.3, -0.25) is 4.79 Å². The summed E-state index contributed by atoms with van der Waals surface area (Å²) in [5.41, 5.74) is 0.834. The fraction of sp³-hybridized carbons (Fsp3) is 0.611. The zero-order chi connectivity index (χ0) is 15.5. The van der Waals surface area contributed by atoms with Gasteiger partial charge in [-0.15, -0.1) is 0 Å². The highest BCUT2D eigenvalue weighted by atomic mass is 19.2. The highest BCUT2D eigenvalue weighted by Crippen LogP contribution is 2.33. The number of benzene rings is 1. The van der Waals surface area contributed by atoms with E-state index < -0.39 is 11.6 Å². The van der Waals surface area contributed by atoms with Crippen molar-refractivity contribution in [2.45, 2.75) is 44.9 Å². The minimum absolute atomic E-state index is 0.306. The molecule has 2 nitrogen and oxygen atoms in total. The summed E-state index contributed by atoms with van der Waals surface area (Å²) in [7, 11) is 0. The topological polar surface area (TPSA) is 20.3 Å². The Bertz CT molecular complexity index is 542. The number of likely N-dealkylation sites (tertiary alicyclic amines) is 1. The standard InChI is InChI=1S/C18H23F2NO/c19-16-8-7-13(10-17(16)20)5-6-15-2-1-9-21(12-15)18(22)11-14-3-4-14/h7-8,10,14-15H,1-6,9,11-12H2/t15-/m0/s1. The molecule has 4 heteroatoms. The van der Waals surface area contributed by atoms with Gasteiger partial charge < -0.3 is 4.90 Å². The summed E-state index contributed by atoms with van der Waals surface area (Å²) in [5.74, 6) is -0.152. The van der Waals surface area contributed by atoms with Crippen molar-refractivity contribution in [2.24, 2.45) is 11.8 Å². The summed E-state index contributed by atoms with van der Waals surface area (Å²) >= 11 is 0. The third kappa shape index (κ3) is 4.05. The minimum Gasteiger partial charge on any atom is -0.342 e. The van der Waals surface area contributed by atoms with Crippen molar-refractivity contribution in [3.63, 3.8) is 0 Å². The monoisotopic (exact) mass is 307 g/mol. The van der Waals surface area contributed by atoms with Crippen molar-refractivity contribution in [2.75, 3.05) is 13.1 Å². The van der Waals surface area contributed by atoms with E-state index in [0.29, 0.717) is 17.7 Å². The average Bonchev–Trinajstić information content (AvgIpc) is 3.33. The fourth-order valence-corrected chi connectivity index (χ4v) is 3.29. The predicted molar refractivity (Wildman–Crippen MR) is 81.3 cm³/mol. The van der Waals surface area contributed by atoms with Crippen LogP contribution in [0.15, 0.2) is 18.2 Å². The zero-order valence-corrected chi connectivity index (χ0v) is 12.9. The Morgan fingerprint density at radius 3 is 2.68 bits per heavy atom. The maximum absolute atomic E-state index is 13.2. The van der Waals surface area contributed by atoms with E-state index >= 15 is 0 Å². The lowest BCUT2D eigenvalue weighted by atomic mass is 9.91. The summed E-state index contributed by atoms with van der Waals surface area (Å²) in [6.07, 6.45) is 6.98. The van der Waals surface area contributed by atoms with Crippen LogP contribution in [-0.2, 0) is 11.2 Å². The lowest BCUT2D eigenvalue weighted by molar-refractivity contribution is -0.133. The van der Waals surface area contributed by atoms with Crippen molar-refractivity contribution in [3.05, 3.63) is 35.4 Å². The lowest BCUT2D eigenvalue weighted by Crippen LogP contribution is -2.40. The van der Waals surface area contributed by atoms with Gasteiger partial charge in [0.1, 0.15) is 0 Å². The van der Waals surface area contributed by atoms with E-state index in [-0.39, 0.29) is 0 Å². The first-order valence-corrected chi connectivity index (χ1v) is 8.33. The van der Waals surface area contributed by atoms with Gasteiger partial charge in [-0.05, 0) is 68.1 Å². The van der Waals surface area contributed by atoms with E-state index in [1.807, 2.05) is 4.90 Å². The molecule has 0 bridgehead atoms. The molecule has 1 saturated carbocycles. The van der Waals surface area contributed by atoms with Gasteiger partial charge in [0, 0.05) is 19.5 Å². The van der Waals surface area contributed by atoms with Crippen LogP contribution in [0.1, 0.15) is 44.1 Å². The summed E-state index contributed by atoms with van der Waals surface area (Å²) < 4.78 is 26.1. The smallest absolute Gasteiger partial charge is 0.222 e. The number of nitrogens with zero attached hydrogens (tertiary/aromatic N) is 1. The molecular formula is C18H23F2NO. The van der Waals surface area contributed by atoms with Crippen LogP contribution >= 0.6 is 0 Å². The second kappa shape index (κ2) is 6.76. The Hall–Kier alpha value is -1.45. The number of carbonyl (C=O) groups is 1. The SMILES string of the molecule is O=C(CC1CC1)N1CCC[C@@H](CCc2ccc(F)c(F)c2)C1. The van der Waals surface area contributed by atoms with Crippen molar-refractivity contribution in [1.29, 1.82) is 0 Å². The first kappa shape index (κ1) is 15.4. The molecule has 1 aromatic carbocycles. The maximum Gasteiger partial charge on any atom is 0.222 e. The van der Waals surface area contributed by atoms with Gasteiger partial charge in [-0.2, -0.15) is 0 Å². The quantitative estimate of drug-likeness (QED) is 0.807. The molecule has 120 valence electrons. The summed E-state index contributed by atoms with van der Waals surface area (Å²) in [5, 5.41) is 0. The van der Waals surface area contributed by atoms with Crippen LogP contribution in [0.2, 0.25) is 0 Å². The number of piperidine rings is 1. The predicted octanol–water partition coefficient (Wildman–Crippen LogP) is 3.94. The maximum atomic E-state index is 13.2. The number of hydrogen-bond donors (Lipinski definition) is 0. The van der Waals surface area contributed by atoms with Gasteiger partial charge in [-0.25, -0.2) is 8.78 Å². The van der Waals surface area contributed by atoms with Gasteiger partial charge in [-0.1, -0.05) is 6.07 Å². The van der Waals surface area contributed by atoms with Gasteiger partial charge >= 0.3 is 0 Å². The van der Waals surface area contributed by atoms with Crippen molar-refractivity contribution < 1.29 is 13.6 Å². The van der Waals surface area contributed by atoms with Gasteiger partial charge in [0.25, 0.3) is 0 Å². The number of halogens is 2. The molecule has 1 saturated heterocycles. The second-order valence-electron chi connectivity index (χ2n) is 6.78. The summed E-state index contributed by atoms with van der Waals surface area (Å²) in [6, 6.07) is 4.13. The van der Waals surface area contributed by atoms with Crippen LogP contribution in [0.4, 0.5) is 8.78 Å². The molecule has 0 aromatic heterocycles. The number of amides is 1. The average molecular weight is 307 g/mol. The molecule has 22 heavy (non-hydrogen) atoms. The van der Waals surface area contributed by atoms with Crippen LogP contribution in [0.25, 0.3) is 0 Å². The first-order valence-electron chi connectivity index (χ1n) is 8.33. The molecule has 0 radical (unpaired) electrons. The number of carbonyl (C=O) groups excluding carboxylic acids is 1. The third-order valence-corrected chi connectivity index (χ3v) is 4.86. The fourth-order valence-electron chi connectivity index (χ4n) is 3.29. The van der Waals surface area contributed by atoms with Crippen molar-refractivity contribution in [3.8, 4) is 0 Å². The Balaban J connectivity index is 1.49. The Morgan fingerprint density at radius 2 is 1.95 bits per heavy atom. The summed E-state index contributed by atoms with van der Waals surface area (Å²) in [6.45, 7) is 1.71. The molecule has 1 aromatic rings. The van der Waals surface area contributed by atoms with E-state index in [9.17, 15) is 13.6 Å². The molecule has 3 rings (SSSR count). The van der Waals surface area contributed by atoms with Gasteiger partial charge in [0.05, 0.1) is 0 Å². The van der Waals surface area contributed by atoms with Gasteiger partial charge in [0.2, 0.25) is 5.91 Å². The zero-order valence-electron chi connectivity index (χ0n) is 12.9. The molecule has 0 unspecified atom stereocenters. The molecule has 1 amide bonds. The highest BCUT2D eigenvalue weighted by Gasteiger charge is 2.29. The van der Waals surface area contributed by atoms with Crippen molar-refractivity contribution in [1.82, 2.24) is 4.90 Å². The highest BCUT2D eigenvalue weighted by molar-refractivity contribution is 5.76.